The van der Waals surface area contributed by atoms with Crippen molar-refractivity contribution in [2.75, 3.05) is 13.7 Å². The molecule has 1 atom stereocenters. The van der Waals surface area contributed by atoms with Gasteiger partial charge in [-0.25, -0.2) is 0 Å². The Hall–Kier alpha value is -1.81. The molecule has 4 nitrogen and oxygen atoms in total. The zero-order chi connectivity index (χ0) is 15.2. The third-order valence-corrected chi connectivity index (χ3v) is 3.66. The van der Waals surface area contributed by atoms with E-state index in [0.717, 1.165) is 30.8 Å². The van der Waals surface area contributed by atoms with Crippen LogP contribution in [0.1, 0.15) is 23.9 Å². The highest BCUT2D eigenvalue weighted by molar-refractivity contribution is 5.29. The molecule has 0 bridgehead atoms. The Labute approximate surface area is 127 Å². The number of likely N-dealkylation sites (N-methyl/N-ethyl adjacent to an activating group) is 1. The predicted octanol–water partition coefficient (Wildman–Crippen LogP) is 2.50. The summed E-state index contributed by atoms with van der Waals surface area (Å²) in [5.74, 6) is 0.916. The summed E-state index contributed by atoms with van der Waals surface area (Å²) in [6.45, 7) is 5.15. The van der Waals surface area contributed by atoms with E-state index in [4.69, 9.17) is 4.74 Å². The van der Waals surface area contributed by atoms with Crippen molar-refractivity contribution in [3.05, 3.63) is 47.3 Å². The maximum absolute atomic E-state index is 5.30. The summed E-state index contributed by atoms with van der Waals surface area (Å²) in [6.07, 6.45) is 1.96. The first kappa shape index (κ1) is 15.6. The zero-order valence-corrected chi connectivity index (χ0v) is 13.4. The van der Waals surface area contributed by atoms with Crippen LogP contribution in [-0.2, 0) is 19.9 Å². The molecule has 1 unspecified atom stereocenters. The number of hydrogen-bond acceptors (Lipinski definition) is 3. The second-order valence-electron chi connectivity index (χ2n) is 5.42. The molecule has 1 N–H and O–H groups in total. The van der Waals surface area contributed by atoms with Crippen LogP contribution in [0.2, 0.25) is 0 Å². The fraction of sp³-hybridized carbons (Fsp3) is 0.471. The van der Waals surface area contributed by atoms with E-state index in [1.807, 2.05) is 30.8 Å². The molecular weight excluding hydrogens is 262 g/mol. The Morgan fingerprint density at radius 3 is 2.71 bits per heavy atom. The fourth-order valence-electron chi connectivity index (χ4n) is 2.70. The first-order valence-electron chi connectivity index (χ1n) is 7.48. The lowest BCUT2D eigenvalue weighted by Gasteiger charge is -2.18. The Morgan fingerprint density at radius 2 is 2.10 bits per heavy atom. The molecule has 0 amide bonds. The number of methoxy groups -OCH3 is 1. The van der Waals surface area contributed by atoms with Crippen LogP contribution in [0.25, 0.3) is 0 Å². The molecule has 1 aromatic heterocycles. The van der Waals surface area contributed by atoms with Crippen LogP contribution >= 0.6 is 0 Å². The molecule has 0 radical (unpaired) electrons. The van der Waals surface area contributed by atoms with Crippen LogP contribution < -0.4 is 10.1 Å². The highest BCUT2D eigenvalue weighted by Crippen LogP contribution is 2.16. The molecule has 4 heteroatoms. The molecule has 21 heavy (non-hydrogen) atoms. The Bertz CT molecular complexity index is 577. The molecule has 0 aliphatic carbocycles. The van der Waals surface area contributed by atoms with Gasteiger partial charge in [-0.15, -0.1) is 0 Å². The van der Waals surface area contributed by atoms with E-state index >= 15 is 0 Å². The van der Waals surface area contributed by atoms with Crippen molar-refractivity contribution >= 4 is 0 Å². The van der Waals surface area contributed by atoms with Crippen LogP contribution in [0, 0.1) is 6.92 Å². The molecular formula is C17H25N3O. The quantitative estimate of drug-likeness (QED) is 0.850. The number of benzene rings is 1. The Morgan fingerprint density at radius 1 is 1.29 bits per heavy atom. The SMILES string of the molecule is CCNC(Cc1cccc(OC)c1)Cc1cc(C)nn1C. The van der Waals surface area contributed by atoms with E-state index < -0.39 is 0 Å². The number of aryl methyl sites for hydroxylation is 2. The second kappa shape index (κ2) is 7.27. The summed E-state index contributed by atoms with van der Waals surface area (Å²) < 4.78 is 7.28. The minimum Gasteiger partial charge on any atom is -0.497 e. The normalized spacial score (nSPS) is 12.4. The van der Waals surface area contributed by atoms with E-state index in [1.165, 1.54) is 11.3 Å². The Balaban J connectivity index is 2.09. The van der Waals surface area contributed by atoms with Crippen molar-refractivity contribution in [3.8, 4) is 5.75 Å². The fourth-order valence-corrected chi connectivity index (χ4v) is 2.70. The van der Waals surface area contributed by atoms with Gasteiger partial charge in [0.1, 0.15) is 5.75 Å². The molecule has 0 saturated carbocycles. The van der Waals surface area contributed by atoms with Gasteiger partial charge in [-0.1, -0.05) is 19.1 Å². The maximum Gasteiger partial charge on any atom is 0.119 e. The van der Waals surface area contributed by atoms with E-state index in [0.29, 0.717) is 6.04 Å². The summed E-state index contributed by atoms with van der Waals surface area (Å²) in [4.78, 5) is 0. The molecule has 2 aromatic rings. The minimum absolute atomic E-state index is 0.400. The number of nitrogens with one attached hydrogen (secondary N) is 1. The lowest BCUT2D eigenvalue weighted by molar-refractivity contribution is 0.413. The van der Waals surface area contributed by atoms with Gasteiger partial charge >= 0.3 is 0 Å². The number of nitrogens with zero attached hydrogens (tertiary/aromatic N) is 2. The minimum atomic E-state index is 0.400. The largest absolute Gasteiger partial charge is 0.497 e. The van der Waals surface area contributed by atoms with Gasteiger partial charge < -0.3 is 10.1 Å². The van der Waals surface area contributed by atoms with Crippen LogP contribution in [-0.4, -0.2) is 29.5 Å². The average molecular weight is 287 g/mol. The van der Waals surface area contributed by atoms with Crippen molar-refractivity contribution < 1.29 is 4.74 Å². The molecule has 0 aliphatic rings. The monoisotopic (exact) mass is 287 g/mol. The zero-order valence-electron chi connectivity index (χ0n) is 13.4. The second-order valence-corrected chi connectivity index (χ2v) is 5.42. The van der Waals surface area contributed by atoms with E-state index in [1.54, 1.807) is 7.11 Å². The molecule has 114 valence electrons. The van der Waals surface area contributed by atoms with Crippen molar-refractivity contribution in [3.63, 3.8) is 0 Å². The van der Waals surface area contributed by atoms with Gasteiger partial charge in [0.05, 0.1) is 12.8 Å². The predicted molar refractivity (Wildman–Crippen MR) is 85.8 cm³/mol. The maximum atomic E-state index is 5.30. The van der Waals surface area contributed by atoms with Crippen LogP contribution in [0.3, 0.4) is 0 Å². The van der Waals surface area contributed by atoms with Gasteiger partial charge in [0.15, 0.2) is 0 Å². The summed E-state index contributed by atoms with van der Waals surface area (Å²) in [7, 11) is 3.72. The number of ether oxygens (including phenoxy) is 1. The third-order valence-electron chi connectivity index (χ3n) is 3.66. The molecule has 1 heterocycles. The molecule has 1 aromatic carbocycles. The first-order chi connectivity index (χ1) is 10.1. The van der Waals surface area contributed by atoms with E-state index in [9.17, 15) is 0 Å². The summed E-state index contributed by atoms with van der Waals surface area (Å²) >= 11 is 0. The highest BCUT2D eigenvalue weighted by atomic mass is 16.5. The van der Waals surface area contributed by atoms with E-state index in [-0.39, 0.29) is 0 Å². The van der Waals surface area contributed by atoms with Crippen molar-refractivity contribution in [1.82, 2.24) is 15.1 Å². The average Bonchev–Trinajstić information content (AvgIpc) is 2.77. The topological polar surface area (TPSA) is 39.1 Å². The molecule has 2 rings (SSSR count). The smallest absolute Gasteiger partial charge is 0.119 e. The van der Waals surface area contributed by atoms with Crippen LogP contribution in [0.5, 0.6) is 5.75 Å². The molecule has 0 saturated heterocycles. The van der Waals surface area contributed by atoms with Crippen molar-refractivity contribution in [2.24, 2.45) is 7.05 Å². The number of rotatable bonds is 7. The van der Waals surface area contributed by atoms with Gasteiger partial charge in [0.2, 0.25) is 0 Å². The molecule has 0 aliphatic heterocycles. The summed E-state index contributed by atoms with van der Waals surface area (Å²) in [5, 5.41) is 8.00. The van der Waals surface area contributed by atoms with Gasteiger partial charge in [0, 0.05) is 25.2 Å². The van der Waals surface area contributed by atoms with Crippen LogP contribution in [0.15, 0.2) is 30.3 Å². The highest BCUT2D eigenvalue weighted by Gasteiger charge is 2.13. The molecule has 0 spiro atoms. The third kappa shape index (κ3) is 4.33. The standard InChI is InChI=1S/C17H25N3O/c1-5-18-15(12-16-9-13(2)19-20(16)3)10-14-7-6-8-17(11-14)21-4/h6-9,11,15,18H,5,10,12H2,1-4H3. The van der Waals surface area contributed by atoms with Gasteiger partial charge in [0.25, 0.3) is 0 Å². The lowest BCUT2D eigenvalue weighted by atomic mass is 10.0. The van der Waals surface area contributed by atoms with E-state index in [2.05, 4.69) is 35.5 Å². The summed E-state index contributed by atoms with van der Waals surface area (Å²) in [6, 6.07) is 10.9. The number of aromatic nitrogens is 2. The van der Waals surface area contributed by atoms with Gasteiger partial charge in [-0.05, 0) is 43.7 Å². The van der Waals surface area contributed by atoms with Crippen LogP contribution in [0.4, 0.5) is 0 Å². The van der Waals surface area contributed by atoms with Gasteiger partial charge in [-0.2, -0.15) is 5.10 Å². The number of hydrogen-bond donors (Lipinski definition) is 1. The van der Waals surface area contributed by atoms with Gasteiger partial charge in [-0.3, -0.25) is 4.68 Å². The van der Waals surface area contributed by atoms with Crippen molar-refractivity contribution in [2.45, 2.75) is 32.7 Å². The summed E-state index contributed by atoms with van der Waals surface area (Å²) in [5.41, 5.74) is 3.63. The Kier molecular flexibility index (Phi) is 5.39. The van der Waals surface area contributed by atoms with Crippen molar-refractivity contribution in [1.29, 1.82) is 0 Å². The lowest BCUT2D eigenvalue weighted by Crippen LogP contribution is -2.33. The first-order valence-corrected chi connectivity index (χ1v) is 7.48. The molecule has 0 fully saturated rings.